The molecule has 1 aliphatic carbocycles. The van der Waals surface area contributed by atoms with Crippen LogP contribution in [0, 0.1) is 0 Å². The molecule has 1 fully saturated rings. The van der Waals surface area contributed by atoms with Gasteiger partial charge in [-0.05, 0) is 31.9 Å². The van der Waals surface area contributed by atoms with Crippen LogP contribution in [0.3, 0.4) is 0 Å². The van der Waals surface area contributed by atoms with Crippen molar-refractivity contribution >= 4 is 16.9 Å². The van der Waals surface area contributed by atoms with E-state index in [-0.39, 0.29) is 6.61 Å². The average molecular weight is 286 g/mol. The highest BCUT2D eigenvalue weighted by Crippen LogP contribution is 2.26. The molecule has 0 radical (unpaired) electrons. The molecule has 1 aliphatic rings. The summed E-state index contributed by atoms with van der Waals surface area (Å²) < 4.78 is 5.77. The van der Waals surface area contributed by atoms with E-state index in [4.69, 9.17) is 4.74 Å². The van der Waals surface area contributed by atoms with Crippen molar-refractivity contribution in [2.24, 2.45) is 0 Å². The number of hydrogen-bond donors (Lipinski definition) is 2. The molecule has 3 rings (SSSR count). The molecule has 2 N–H and O–H groups in total. The first-order valence-corrected chi connectivity index (χ1v) is 7.06. The van der Waals surface area contributed by atoms with Crippen molar-refractivity contribution in [3.8, 4) is 5.75 Å². The van der Waals surface area contributed by atoms with Gasteiger partial charge in [-0.2, -0.15) is 0 Å². The maximum atomic E-state index is 11.5. The van der Waals surface area contributed by atoms with Crippen molar-refractivity contribution in [1.82, 2.24) is 10.3 Å². The minimum atomic E-state index is -1.09. The van der Waals surface area contributed by atoms with Crippen LogP contribution in [0.4, 0.5) is 0 Å². The van der Waals surface area contributed by atoms with Gasteiger partial charge in [0.25, 0.3) is 0 Å². The van der Waals surface area contributed by atoms with Crippen LogP contribution in [-0.2, 0) is 4.79 Å². The van der Waals surface area contributed by atoms with Crippen molar-refractivity contribution in [3.63, 3.8) is 0 Å². The molecular formula is C16H18N2O3. The molecular weight excluding hydrogens is 268 g/mol. The lowest BCUT2D eigenvalue weighted by Crippen LogP contribution is -2.54. The molecule has 1 saturated carbocycles. The lowest BCUT2D eigenvalue weighted by molar-refractivity contribution is -0.145. The number of aliphatic carboxylic acids is 1. The Morgan fingerprint density at radius 3 is 2.90 bits per heavy atom. The van der Waals surface area contributed by atoms with Gasteiger partial charge in [-0.25, -0.2) is 0 Å². The fraction of sp³-hybridized carbons (Fsp3) is 0.375. The molecule has 1 aromatic carbocycles. The van der Waals surface area contributed by atoms with Crippen molar-refractivity contribution in [2.45, 2.75) is 31.3 Å². The van der Waals surface area contributed by atoms with Crippen molar-refractivity contribution in [3.05, 3.63) is 36.5 Å². The minimum absolute atomic E-state index is 0.0640. The number of nitrogens with one attached hydrogen (secondary N) is 1. The number of rotatable bonds is 6. The molecule has 1 atom stereocenters. The van der Waals surface area contributed by atoms with Gasteiger partial charge in [0.05, 0.1) is 0 Å². The number of para-hydroxylation sites is 1. The van der Waals surface area contributed by atoms with Crippen LogP contribution in [0.5, 0.6) is 5.75 Å². The van der Waals surface area contributed by atoms with E-state index in [1.54, 1.807) is 13.1 Å². The third kappa shape index (κ3) is 2.97. The molecule has 0 bridgehead atoms. The average Bonchev–Trinajstić information content (AvgIpc) is 3.28. The summed E-state index contributed by atoms with van der Waals surface area (Å²) >= 11 is 0. The maximum Gasteiger partial charge on any atom is 0.327 e. The van der Waals surface area contributed by atoms with Crippen molar-refractivity contribution < 1.29 is 14.6 Å². The number of carbonyl (C=O) groups is 1. The van der Waals surface area contributed by atoms with Gasteiger partial charge in [-0.15, -0.1) is 0 Å². The van der Waals surface area contributed by atoms with Crippen LogP contribution < -0.4 is 10.1 Å². The normalized spacial score (nSPS) is 17.4. The summed E-state index contributed by atoms with van der Waals surface area (Å²) in [6.45, 7) is 1.72. The second-order valence-electron chi connectivity index (χ2n) is 5.68. The first-order chi connectivity index (χ1) is 10.1. The molecule has 0 aliphatic heterocycles. The standard InChI is InChI=1S/C16H18N2O3/c1-16(15(19)20,18-12-7-8-12)10-21-13-6-2-4-11-5-3-9-17-14(11)13/h2-6,9,12,18H,7-8,10H2,1H3,(H,19,20). The van der Waals surface area contributed by atoms with E-state index in [9.17, 15) is 9.90 Å². The first-order valence-electron chi connectivity index (χ1n) is 7.06. The number of fused-ring (bicyclic) bond motifs is 1. The second-order valence-corrected chi connectivity index (χ2v) is 5.68. The molecule has 5 heteroatoms. The summed E-state index contributed by atoms with van der Waals surface area (Å²) in [5, 5.41) is 13.6. The molecule has 0 spiro atoms. The zero-order chi connectivity index (χ0) is 14.9. The molecule has 0 saturated heterocycles. The highest BCUT2D eigenvalue weighted by atomic mass is 16.5. The summed E-state index contributed by atoms with van der Waals surface area (Å²) in [4.78, 5) is 15.8. The van der Waals surface area contributed by atoms with Crippen LogP contribution in [0.2, 0.25) is 0 Å². The minimum Gasteiger partial charge on any atom is -0.489 e. The SMILES string of the molecule is CC(COc1cccc2cccnc12)(NC1CC1)C(=O)O. The summed E-state index contributed by atoms with van der Waals surface area (Å²) in [6, 6.07) is 9.75. The van der Waals surface area contributed by atoms with Gasteiger partial charge in [0.15, 0.2) is 0 Å². The van der Waals surface area contributed by atoms with Gasteiger partial charge >= 0.3 is 5.97 Å². The largest absolute Gasteiger partial charge is 0.489 e. The Kier molecular flexibility index (Phi) is 3.51. The van der Waals surface area contributed by atoms with Crippen LogP contribution in [0.25, 0.3) is 10.9 Å². The number of carboxylic acid groups (broad SMARTS) is 1. The van der Waals surface area contributed by atoms with E-state index in [1.165, 1.54) is 0 Å². The van der Waals surface area contributed by atoms with Gasteiger partial charge in [0, 0.05) is 17.6 Å². The third-order valence-corrected chi connectivity index (χ3v) is 3.68. The quantitative estimate of drug-likeness (QED) is 0.852. The van der Waals surface area contributed by atoms with Crippen molar-refractivity contribution in [1.29, 1.82) is 0 Å². The van der Waals surface area contributed by atoms with E-state index >= 15 is 0 Å². The van der Waals surface area contributed by atoms with Crippen LogP contribution in [0.15, 0.2) is 36.5 Å². The van der Waals surface area contributed by atoms with Gasteiger partial charge in [0.1, 0.15) is 23.4 Å². The Morgan fingerprint density at radius 1 is 1.43 bits per heavy atom. The zero-order valence-corrected chi connectivity index (χ0v) is 11.9. The predicted octanol–water partition coefficient (Wildman–Crippen LogP) is 2.21. The molecule has 1 unspecified atom stereocenters. The summed E-state index contributed by atoms with van der Waals surface area (Å²) in [7, 11) is 0. The molecule has 110 valence electrons. The van der Waals surface area contributed by atoms with Gasteiger partial charge in [-0.1, -0.05) is 18.2 Å². The number of carboxylic acids is 1. The van der Waals surface area contributed by atoms with Crippen LogP contribution in [0.1, 0.15) is 19.8 Å². The smallest absolute Gasteiger partial charge is 0.327 e. The van der Waals surface area contributed by atoms with E-state index in [1.807, 2.05) is 30.3 Å². The number of nitrogens with zero attached hydrogens (tertiary/aromatic N) is 1. The highest BCUT2D eigenvalue weighted by Gasteiger charge is 2.39. The maximum absolute atomic E-state index is 11.5. The molecule has 2 aromatic rings. The summed E-state index contributed by atoms with van der Waals surface area (Å²) in [6.07, 6.45) is 3.76. The Morgan fingerprint density at radius 2 is 2.19 bits per heavy atom. The lowest BCUT2D eigenvalue weighted by Gasteiger charge is -2.26. The Labute approximate surface area is 123 Å². The highest BCUT2D eigenvalue weighted by molar-refractivity contribution is 5.84. The Balaban J connectivity index is 1.79. The van der Waals surface area contributed by atoms with E-state index < -0.39 is 11.5 Å². The number of hydrogen-bond acceptors (Lipinski definition) is 4. The number of aromatic nitrogens is 1. The van der Waals surface area contributed by atoms with Crippen molar-refractivity contribution in [2.75, 3.05) is 6.61 Å². The first kappa shape index (κ1) is 13.8. The summed E-state index contributed by atoms with van der Waals surface area (Å²) in [5.74, 6) is -0.291. The van der Waals surface area contributed by atoms with E-state index in [2.05, 4.69) is 10.3 Å². The van der Waals surface area contributed by atoms with E-state index in [0.29, 0.717) is 11.8 Å². The fourth-order valence-electron chi connectivity index (χ4n) is 2.26. The molecule has 0 amide bonds. The molecule has 21 heavy (non-hydrogen) atoms. The van der Waals surface area contributed by atoms with Gasteiger partial charge in [0.2, 0.25) is 0 Å². The van der Waals surface area contributed by atoms with Crippen LogP contribution >= 0.6 is 0 Å². The third-order valence-electron chi connectivity index (χ3n) is 3.68. The van der Waals surface area contributed by atoms with Gasteiger partial charge in [-0.3, -0.25) is 15.1 Å². The molecule has 1 heterocycles. The Hall–Kier alpha value is -2.14. The lowest BCUT2D eigenvalue weighted by atomic mass is 10.0. The second kappa shape index (κ2) is 5.33. The monoisotopic (exact) mass is 286 g/mol. The fourth-order valence-corrected chi connectivity index (χ4v) is 2.26. The molecule has 5 nitrogen and oxygen atoms in total. The zero-order valence-electron chi connectivity index (χ0n) is 11.9. The van der Waals surface area contributed by atoms with Crippen LogP contribution in [-0.4, -0.2) is 34.2 Å². The number of benzene rings is 1. The summed E-state index contributed by atoms with van der Waals surface area (Å²) in [5.41, 5.74) is -0.336. The van der Waals surface area contributed by atoms with Gasteiger partial charge < -0.3 is 9.84 Å². The number of ether oxygens (including phenoxy) is 1. The molecule has 1 aromatic heterocycles. The predicted molar refractivity (Wildman–Crippen MR) is 79.4 cm³/mol. The number of pyridine rings is 1. The van der Waals surface area contributed by atoms with E-state index in [0.717, 1.165) is 23.7 Å². The topological polar surface area (TPSA) is 71.5 Å². The Bertz CT molecular complexity index is 664.